The summed E-state index contributed by atoms with van der Waals surface area (Å²) in [5, 5.41) is 11.9. The number of benzene rings is 1. The summed E-state index contributed by atoms with van der Waals surface area (Å²) in [4.78, 5) is 38.8. The molecule has 0 bridgehead atoms. The fourth-order valence-electron chi connectivity index (χ4n) is 2.61. The maximum atomic E-state index is 12.2. The van der Waals surface area contributed by atoms with Gasteiger partial charge in [-0.1, -0.05) is 16.6 Å². The van der Waals surface area contributed by atoms with Crippen molar-refractivity contribution >= 4 is 28.7 Å². The topological polar surface area (TPSA) is 114 Å². The molecular formula is C15H14ClN5O5. The Bertz CT molecular complexity index is 1110. The monoisotopic (exact) mass is 379 g/mol. The Balaban J connectivity index is 2.02. The van der Waals surface area contributed by atoms with E-state index in [4.69, 9.17) is 16.3 Å². The summed E-state index contributed by atoms with van der Waals surface area (Å²) in [6.07, 6.45) is 0. The molecule has 2 heterocycles. The van der Waals surface area contributed by atoms with Crippen molar-refractivity contribution in [2.45, 2.75) is 6.54 Å². The van der Waals surface area contributed by atoms with Gasteiger partial charge in [0.2, 0.25) is 5.65 Å². The van der Waals surface area contributed by atoms with Crippen LogP contribution >= 0.6 is 11.6 Å². The highest BCUT2D eigenvalue weighted by Gasteiger charge is 2.27. The molecule has 0 fully saturated rings. The molecule has 0 amide bonds. The number of nitro groups is 1. The second-order valence-electron chi connectivity index (χ2n) is 5.50. The van der Waals surface area contributed by atoms with Crippen LogP contribution in [-0.2, 0) is 20.6 Å². The van der Waals surface area contributed by atoms with Crippen LogP contribution in [0.3, 0.4) is 0 Å². The Hall–Kier alpha value is -3.14. The molecule has 3 aromatic rings. The maximum absolute atomic E-state index is 12.2. The normalized spacial score (nSPS) is 11.0. The number of aromatic nitrogens is 4. The van der Waals surface area contributed by atoms with E-state index in [2.05, 4.69) is 4.98 Å². The average Bonchev–Trinajstić information content (AvgIpc) is 3.00. The molecule has 3 rings (SSSR count). The van der Waals surface area contributed by atoms with Crippen molar-refractivity contribution in [2.75, 3.05) is 6.61 Å². The Morgan fingerprint density at radius 1 is 1.19 bits per heavy atom. The molecule has 0 aliphatic rings. The van der Waals surface area contributed by atoms with Gasteiger partial charge in [-0.05, 0) is 29.2 Å². The van der Waals surface area contributed by atoms with Gasteiger partial charge < -0.3 is 14.9 Å². The molecular weight excluding hydrogens is 366 g/mol. The molecule has 0 atom stereocenters. The van der Waals surface area contributed by atoms with E-state index in [1.165, 1.54) is 18.7 Å². The Labute approximate surface area is 151 Å². The Kier molecular flexibility index (Phi) is 4.51. The highest BCUT2D eigenvalue weighted by molar-refractivity contribution is 6.30. The highest BCUT2D eigenvalue weighted by atomic mass is 35.5. The molecule has 10 nitrogen and oxygen atoms in total. The van der Waals surface area contributed by atoms with Crippen LogP contribution in [0.5, 0.6) is 5.75 Å². The van der Waals surface area contributed by atoms with Crippen molar-refractivity contribution in [1.82, 2.24) is 18.7 Å². The average molecular weight is 380 g/mol. The zero-order valence-electron chi connectivity index (χ0n) is 13.9. The quantitative estimate of drug-likeness (QED) is 0.484. The van der Waals surface area contributed by atoms with Crippen molar-refractivity contribution in [3.05, 3.63) is 60.2 Å². The number of nitrogens with zero attached hydrogens (tertiary/aromatic N) is 5. The third-order valence-corrected chi connectivity index (χ3v) is 4.13. The SMILES string of the molecule is Cn1c(=O)c2nc([N+](=O)[O-])n(CCOc3ccc(Cl)cc3)c2n(C)c1=O. The van der Waals surface area contributed by atoms with E-state index in [9.17, 15) is 19.7 Å². The van der Waals surface area contributed by atoms with Gasteiger partial charge in [0.05, 0.1) is 0 Å². The van der Waals surface area contributed by atoms with Crippen LogP contribution < -0.4 is 16.0 Å². The van der Waals surface area contributed by atoms with E-state index < -0.39 is 22.1 Å². The number of rotatable bonds is 5. The maximum Gasteiger partial charge on any atom is 0.437 e. The molecule has 1 aromatic carbocycles. The number of hydrogen-bond donors (Lipinski definition) is 0. The Morgan fingerprint density at radius 3 is 2.46 bits per heavy atom. The first kappa shape index (κ1) is 17.7. The second kappa shape index (κ2) is 6.64. The highest BCUT2D eigenvalue weighted by Crippen LogP contribution is 2.19. The second-order valence-corrected chi connectivity index (χ2v) is 5.94. The number of aryl methyl sites for hydroxylation is 1. The van der Waals surface area contributed by atoms with Gasteiger partial charge in [0.15, 0.2) is 0 Å². The van der Waals surface area contributed by atoms with Crippen molar-refractivity contribution in [1.29, 1.82) is 0 Å². The van der Waals surface area contributed by atoms with E-state index in [1.54, 1.807) is 24.3 Å². The minimum Gasteiger partial charge on any atom is -0.490 e. The smallest absolute Gasteiger partial charge is 0.437 e. The van der Waals surface area contributed by atoms with Crippen molar-refractivity contribution in [3.63, 3.8) is 0 Å². The number of halogens is 1. The lowest BCUT2D eigenvalue weighted by atomic mass is 10.3. The fourth-order valence-corrected chi connectivity index (χ4v) is 2.73. The minimum absolute atomic E-state index is 0.0237. The van der Waals surface area contributed by atoms with Crippen molar-refractivity contribution in [2.24, 2.45) is 14.1 Å². The molecule has 0 aliphatic carbocycles. The number of imidazole rings is 1. The first-order valence-electron chi connectivity index (χ1n) is 7.50. The van der Waals surface area contributed by atoms with Gasteiger partial charge in [0.25, 0.3) is 5.52 Å². The lowest BCUT2D eigenvalue weighted by Gasteiger charge is -2.08. The van der Waals surface area contributed by atoms with Gasteiger partial charge in [-0.2, -0.15) is 0 Å². The molecule has 0 aliphatic heterocycles. The Morgan fingerprint density at radius 2 is 1.85 bits per heavy atom. The standard InChI is InChI=1S/C15H14ClN5O5/c1-18-12-11(13(22)19(2)15(18)23)17-14(21(24)25)20(12)7-8-26-10-5-3-9(16)4-6-10/h3-6H,7-8H2,1-2H3. The first-order chi connectivity index (χ1) is 12.3. The van der Waals surface area contributed by atoms with Gasteiger partial charge in [0, 0.05) is 19.1 Å². The van der Waals surface area contributed by atoms with Crippen LogP contribution in [0.25, 0.3) is 11.2 Å². The number of hydrogen-bond acceptors (Lipinski definition) is 6. The predicted molar refractivity (Wildman–Crippen MR) is 93.8 cm³/mol. The molecule has 136 valence electrons. The van der Waals surface area contributed by atoms with Crippen molar-refractivity contribution < 1.29 is 9.66 Å². The van der Waals surface area contributed by atoms with Gasteiger partial charge in [-0.25, -0.2) is 9.36 Å². The number of ether oxygens (including phenoxy) is 1. The molecule has 11 heteroatoms. The van der Waals surface area contributed by atoms with E-state index in [0.717, 1.165) is 9.13 Å². The van der Waals surface area contributed by atoms with Gasteiger partial charge in [0.1, 0.15) is 18.9 Å². The third kappa shape index (κ3) is 2.94. The van der Waals surface area contributed by atoms with Crippen LogP contribution in [0.2, 0.25) is 5.02 Å². The van der Waals surface area contributed by atoms with Crippen LogP contribution in [0, 0.1) is 10.1 Å². The molecule has 0 spiro atoms. The third-order valence-electron chi connectivity index (χ3n) is 3.88. The zero-order chi connectivity index (χ0) is 19.0. The van der Waals surface area contributed by atoms with E-state index in [0.29, 0.717) is 10.8 Å². The summed E-state index contributed by atoms with van der Waals surface area (Å²) in [5.74, 6) is 0.00397. The molecule has 26 heavy (non-hydrogen) atoms. The molecule has 0 saturated carbocycles. The van der Waals surface area contributed by atoms with Crippen LogP contribution in [0.4, 0.5) is 5.95 Å². The first-order valence-corrected chi connectivity index (χ1v) is 7.88. The van der Waals surface area contributed by atoms with Gasteiger partial charge in [-0.3, -0.25) is 13.9 Å². The van der Waals surface area contributed by atoms with E-state index >= 15 is 0 Å². The summed E-state index contributed by atoms with van der Waals surface area (Å²) < 4.78 is 8.74. The lowest BCUT2D eigenvalue weighted by molar-refractivity contribution is -0.396. The summed E-state index contributed by atoms with van der Waals surface area (Å²) >= 11 is 5.80. The largest absolute Gasteiger partial charge is 0.490 e. The summed E-state index contributed by atoms with van der Waals surface area (Å²) in [6, 6.07) is 6.63. The van der Waals surface area contributed by atoms with Crippen LogP contribution in [-0.4, -0.2) is 30.2 Å². The predicted octanol–water partition coefficient (Wildman–Crippen LogP) is 1.07. The molecule has 0 unspecified atom stereocenters. The zero-order valence-corrected chi connectivity index (χ0v) is 14.6. The number of fused-ring (bicyclic) bond motifs is 1. The lowest BCUT2D eigenvalue weighted by Crippen LogP contribution is -2.37. The molecule has 2 aromatic heterocycles. The minimum atomic E-state index is -0.702. The van der Waals surface area contributed by atoms with E-state index in [1.807, 2.05) is 0 Å². The van der Waals surface area contributed by atoms with Crippen LogP contribution in [0.15, 0.2) is 33.9 Å². The van der Waals surface area contributed by atoms with Crippen LogP contribution in [0.1, 0.15) is 0 Å². The van der Waals surface area contributed by atoms with Crippen molar-refractivity contribution in [3.8, 4) is 5.75 Å². The fraction of sp³-hybridized carbons (Fsp3) is 0.267. The van der Waals surface area contributed by atoms with Gasteiger partial charge in [-0.15, -0.1) is 0 Å². The molecule has 0 saturated heterocycles. The summed E-state index contributed by atoms with van der Waals surface area (Å²) in [6.45, 7) is 0.0905. The molecule has 0 N–H and O–H groups in total. The van der Waals surface area contributed by atoms with E-state index in [-0.39, 0.29) is 24.3 Å². The van der Waals surface area contributed by atoms with Gasteiger partial charge >= 0.3 is 17.2 Å². The summed E-state index contributed by atoms with van der Waals surface area (Å²) in [5.41, 5.74) is -1.36. The molecule has 0 radical (unpaired) electrons. The summed E-state index contributed by atoms with van der Waals surface area (Å²) in [7, 11) is 2.71.